The Morgan fingerprint density at radius 2 is 2.07 bits per heavy atom. The second kappa shape index (κ2) is 6.87. The first-order valence-electron chi connectivity index (χ1n) is 9.52. The van der Waals surface area contributed by atoms with Gasteiger partial charge >= 0.3 is 0 Å². The summed E-state index contributed by atoms with van der Waals surface area (Å²) in [5.41, 5.74) is 3.31. The molecule has 1 saturated carbocycles. The molecular formula is C20H21N5O3. The summed E-state index contributed by atoms with van der Waals surface area (Å²) in [6, 6.07) is 10.1. The van der Waals surface area contributed by atoms with E-state index in [1.165, 1.54) is 6.33 Å². The molecule has 0 bridgehead atoms. The monoisotopic (exact) mass is 379 g/mol. The van der Waals surface area contributed by atoms with Gasteiger partial charge in [-0.2, -0.15) is 4.98 Å². The Bertz CT molecular complexity index is 1020. The molecule has 1 N–H and O–H groups in total. The first kappa shape index (κ1) is 17.1. The van der Waals surface area contributed by atoms with Gasteiger partial charge in [-0.3, -0.25) is 0 Å². The van der Waals surface area contributed by atoms with E-state index in [2.05, 4.69) is 24.7 Å². The van der Waals surface area contributed by atoms with E-state index < -0.39 is 0 Å². The number of ether oxygens (including phenoxy) is 1. The molecule has 8 nitrogen and oxygen atoms in total. The van der Waals surface area contributed by atoms with Crippen LogP contribution in [0, 0.1) is 11.8 Å². The van der Waals surface area contributed by atoms with Gasteiger partial charge < -0.3 is 19.2 Å². The third-order valence-corrected chi connectivity index (χ3v) is 5.63. The molecule has 0 saturated heterocycles. The standard InChI is InChI=1S/C20H21N5O3/c1-2-27-20-17-19(21-10-22-20)25(11-23-17)14-8-13(9-26)18-15(14)16(24-28-18)12-6-4-3-5-7-12/h3-7,10-11,13-15,18,26H,2,8-9H2,1H3/t13-,14+,15+,18+/m0/s1. The average Bonchev–Trinajstić information content (AvgIpc) is 3.43. The zero-order chi connectivity index (χ0) is 19.1. The van der Waals surface area contributed by atoms with Crippen molar-refractivity contribution >= 4 is 16.9 Å². The molecule has 5 rings (SSSR count). The quantitative estimate of drug-likeness (QED) is 0.730. The number of aliphatic hydroxyl groups excluding tert-OH is 1. The lowest BCUT2D eigenvalue weighted by molar-refractivity contribution is 0.0206. The van der Waals surface area contributed by atoms with Crippen molar-refractivity contribution < 1.29 is 14.7 Å². The topological polar surface area (TPSA) is 94.7 Å². The Balaban J connectivity index is 1.58. The molecule has 8 heteroatoms. The lowest BCUT2D eigenvalue weighted by atomic mass is 9.90. The molecule has 1 aliphatic heterocycles. The summed E-state index contributed by atoms with van der Waals surface area (Å²) in [4.78, 5) is 19.0. The van der Waals surface area contributed by atoms with Crippen LogP contribution in [0.5, 0.6) is 5.88 Å². The Kier molecular flexibility index (Phi) is 4.20. The third kappa shape index (κ3) is 2.56. The molecule has 3 aromatic rings. The number of aliphatic hydroxyl groups is 1. The lowest BCUT2D eigenvalue weighted by Crippen LogP contribution is -2.28. The van der Waals surface area contributed by atoms with E-state index in [1.807, 2.05) is 37.3 Å². The predicted octanol–water partition coefficient (Wildman–Crippen LogP) is 2.20. The minimum Gasteiger partial charge on any atom is -0.476 e. The number of hydrogen-bond acceptors (Lipinski definition) is 7. The smallest absolute Gasteiger partial charge is 0.245 e. The molecule has 0 unspecified atom stereocenters. The van der Waals surface area contributed by atoms with E-state index in [0.29, 0.717) is 18.0 Å². The number of oxime groups is 1. The molecular weight excluding hydrogens is 358 g/mol. The molecule has 4 atom stereocenters. The zero-order valence-electron chi connectivity index (χ0n) is 15.5. The molecule has 0 amide bonds. The highest BCUT2D eigenvalue weighted by Gasteiger charge is 2.52. The molecule has 0 radical (unpaired) electrons. The first-order chi connectivity index (χ1) is 13.8. The van der Waals surface area contributed by atoms with Crippen LogP contribution >= 0.6 is 0 Å². The van der Waals surface area contributed by atoms with E-state index in [9.17, 15) is 5.11 Å². The maximum atomic E-state index is 9.91. The number of rotatable bonds is 5. The van der Waals surface area contributed by atoms with Crippen LogP contribution in [0.2, 0.25) is 0 Å². The van der Waals surface area contributed by atoms with Crippen molar-refractivity contribution in [2.24, 2.45) is 17.0 Å². The molecule has 28 heavy (non-hydrogen) atoms. The maximum Gasteiger partial charge on any atom is 0.245 e. The highest BCUT2D eigenvalue weighted by Crippen LogP contribution is 2.47. The minimum atomic E-state index is -0.157. The molecule has 1 aliphatic carbocycles. The molecule has 2 aliphatic rings. The van der Waals surface area contributed by atoms with E-state index in [4.69, 9.17) is 9.57 Å². The van der Waals surface area contributed by atoms with Crippen LogP contribution in [-0.4, -0.2) is 49.7 Å². The summed E-state index contributed by atoms with van der Waals surface area (Å²) in [7, 11) is 0. The Morgan fingerprint density at radius 1 is 1.21 bits per heavy atom. The van der Waals surface area contributed by atoms with Crippen molar-refractivity contribution in [3.63, 3.8) is 0 Å². The number of benzene rings is 1. The van der Waals surface area contributed by atoms with Crippen LogP contribution in [0.1, 0.15) is 24.9 Å². The zero-order valence-corrected chi connectivity index (χ0v) is 15.5. The fraction of sp³-hybridized carbons (Fsp3) is 0.400. The van der Waals surface area contributed by atoms with Gasteiger partial charge in [-0.1, -0.05) is 35.5 Å². The van der Waals surface area contributed by atoms with Crippen LogP contribution < -0.4 is 4.74 Å². The van der Waals surface area contributed by atoms with Crippen LogP contribution in [-0.2, 0) is 4.84 Å². The van der Waals surface area contributed by atoms with Crippen molar-refractivity contribution in [3.05, 3.63) is 48.5 Å². The molecule has 3 heterocycles. The highest BCUT2D eigenvalue weighted by atomic mass is 16.6. The number of aromatic nitrogens is 4. The van der Waals surface area contributed by atoms with Crippen LogP contribution in [0.25, 0.3) is 11.2 Å². The van der Waals surface area contributed by atoms with Gasteiger partial charge in [0, 0.05) is 18.6 Å². The van der Waals surface area contributed by atoms with Crippen molar-refractivity contribution in [1.29, 1.82) is 0 Å². The van der Waals surface area contributed by atoms with E-state index in [-0.39, 0.29) is 30.6 Å². The molecule has 2 aromatic heterocycles. The fourth-order valence-electron chi connectivity index (χ4n) is 4.41. The summed E-state index contributed by atoms with van der Waals surface area (Å²) >= 11 is 0. The van der Waals surface area contributed by atoms with E-state index in [0.717, 1.165) is 23.3 Å². The summed E-state index contributed by atoms with van der Waals surface area (Å²) in [6.45, 7) is 2.48. The Morgan fingerprint density at radius 3 is 2.86 bits per heavy atom. The molecule has 0 spiro atoms. The van der Waals surface area contributed by atoms with Gasteiger partial charge in [-0.25, -0.2) is 9.97 Å². The van der Waals surface area contributed by atoms with Crippen molar-refractivity contribution in [2.75, 3.05) is 13.2 Å². The fourth-order valence-corrected chi connectivity index (χ4v) is 4.41. The highest BCUT2D eigenvalue weighted by molar-refractivity contribution is 6.03. The van der Waals surface area contributed by atoms with Crippen molar-refractivity contribution in [1.82, 2.24) is 19.5 Å². The van der Waals surface area contributed by atoms with Crippen LogP contribution in [0.4, 0.5) is 0 Å². The van der Waals surface area contributed by atoms with Gasteiger partial charge in [0.25, 0.3) is 0 Å². The second-order valence-electron chi connectivity index (χ2n) is 7.12. The summed E-state index contributed by atoms with van der Waals surface area (Å²) in [5.74, 6) is 0.507. The van der Waals surface area contributed by atoms with E-state index in [1.54, 1.807) is 6.33 Å². The van der Waals surface area contributed by atoms with Gasteiger partial charge in [0.2, 0.25) is 5.88 Å². The Hall–Kier alpha value is -3.00. The lowest BCUT2D eigenvalue weighted by Gasteiger charge is -2.20. The average molecular weight is 379 g/mol. The number of hydrogen-bond donors (Lipinski definition) is 1. The summed E-state index contributed by atoms with van der Waals surface area (Å²) < 4.78 is 7.65. The normalized spacial score (nSPS) is 26.1. The third-order valence-electron chi connectivity index (χ3n) is 5.63. The maximum absolute atomic E-state index is 9.91. The largest absolute Gasteiger partial charge is 0.476 e. The van der Waals surface area contributed by atoms with Gasteiger partial charge in [0.15, 0.2) is 11.2 Å². The van der Waals surface area contributed by atoms with Gasteiger partial charge in [0.1, 0.15) is 12.4 Å². The summed E-state index contributed by atoms with van der Waals surface area (Å²) in [6.07, 6.45) is 3.89. The van der Waals surface area contributed by atoms with Crippen molar-refractivity contribution in [3.8, 4) is 5.88 Å². The molecule has 144 valence electrons. The summed E-state index contributed by atoms with van der Waals surface area (Å²) in [5, 5.41) is 14.3. The number of imidazole rings is 1. The minimum absolute atomic E-state index is 0.00520. The van der Waals surface area contributed by atoms with E-state index >= 15 is 0 Å². The SMILES string of the molecule is CCOc1ncnc2c1ncn2[C@@H]1C[C@@H](CO)[C@H]2ON=C(c3ccccc3)[C@H]21. The van der Waals surface area contributed by atoms with Crippen LogP contribution in [0.3, 0.4) is 0 Å². The van der Waals surface area contributed by atoms with Gasteiger partial charge in [-0.15, -0.1) is 0 Å². The van der Waals surface area contributed by atoms with Gasteiger partial charge in [-0.05, 0) is 18.9 Å². The molecule has 1 aromatic carbocycles. The predicted molar refractivity (Wildman–Crippen MR) is 102 cm³/mol. The first-order valence-corrected chi connectivity index (χ1v) is 9.52. The molecule has 1 fully saturated rings. The second-order valence-corrected chi connectivity index (χ2v) is 7.12. The number of fused-ring (bicyclic) bond motifs is 2. The van der Waals surface area contributed by atoms with Crippen molar-refractivity contribution in [2.45, 2.75) is 25.5 Å². The number of nitrogens with zero attached hydrogens (tertiary/aromatic N) is 5. The Labute approximate surface area is 161 Å². The van der Waals surface area contributed by atoms with Gasteiger partial charge in [0.05, 0.1) is 24.6 Å². The van der Waals surface area contributed by atoms with Crippen LogP contribution in [0.15, 0.2) is 48.1 Å².